The molecule has 0 aliphatic carbocycles. The number of aryl methyl sites for hydroxylation is 1. The molecule has 0 bridgehead atoms. The summed E-state index contributed by atoms with van der Waals surface area (Å²) in [5.41, 5.74) is 1.13. The number of H-pyrrole nitrogens is 1. The molecule has 3 aromatic rings. The van der Waals surface area contributed by atoms with E-state index in [-0.39, 0.29) is 16.9 Å². The summed E-state index contributed by atoms with van der Waals surface area (Å²) in [6.45, 7) is 1.76. The molecule has 1 aromatic heterocycles. The Balaban J connectivity index is 2.19. The Morgan fingerprint density at radius 1 is 1.19 bits per heavy atom. The molecule has 0 aliphatic heterocycles. The van der Waals surface area contributed by atoms with Crippen LogP contribution in [0.25, 0.3) is 22.4 Å². The molecule has 0 spiro atoms. The van der Waals surface area contributed by atoms with E-state index in [1.807, 2.05) is 0 Å². The number of halogens is 2. The summed E-state index contributed by atoms with van der Waals surface area (Å²) in [5, 5.41) is 8.89. The molecule has 106 valence electrons. The lowest BCUT2D eigenvalue weighted by Crippen LogP contribution is -1.99. The maximum absolute atomic E-state index is 13.9. The molecule has 0 radical (unpaired) electrons. The summed E-state index contributed by atoms with van der Waals surface area (Å²) in [6, 6.07) is 6.83. The van der Waals surface area contributed by atoms with Crippen LogP contribution in [0.2, 0.25) is 0 Å². The number of hydrogen-bond donors (Lipinski definition) is 2. The van der Waals surface area contributed by atoms with Crippen LogP contribution in [0.15, 0.2) is 30.3 Å². The summed E-state index contributed by atoms with van der Waals surface area (Å²) in [5.74, 6) is -2.47. The molecule has 0 aliphatic rings. The first kappa shape index (κ1) is 13.2. The van der Waals surface area contributed by atoms with Gasteiger partial charge in [0.15, 0.2) is 0 Å². The molecule has 1 heterocycles. The van der Waals surface area contributed by atoms with E-state index in [4.69, 9.17) is 5.11 Å². The highest BCUT2D eigenvalue weighted by atomic mass is 19.1. The maximum Gasteiger partial charge on any atom is 0.338 e. The average molecular weight is 288 g/mol. The lowest BCUT2D eigenvalue weighted by molar-refractivity contribution is 0.0692. The van der Waals surface area contributed by atoms with Crippen LogP contribution >= 0.6 is 0 Å². The molecule has 0 saturated heterocycles. The molecule has 0 saturated carbocycles. The predicted octanol–water partition coefficient (Wildman–Crippen LogP) is 3.51. The largest absolute Gasteiger partial charge is 0.478 e. The Bertz CT molecular complexity index is 871. The van der Waals surface area contributed by atoms with Crippen LogP contribution in [0.3, 0.4) is 0 Å². The van der Waals surface area contributed by atoms with E-state index < -0.39 is 23.2 Å². The number of carbonyl (C=O) groups is 1. The molecule has 0 fully saturated rings. The number of aromatic amines is 1. The first-order chi connectivity index (χ1) is 9.95. The number of aromatic carboxylic acids is 1. The highest BCUT2D eigenvalue weighted by Gasteiger charge is 2.15. The second-order valence-electron chi connectivity index (χ2n) is 4.72. The van der Waals surface area contributed by atoms with Crippen LogP contribution in [0.5, 0.6) is 0 Å². The Labute approximate surface area is 118 Å². The average Bonchev–Trinajstić information content (AvgIpc) is 2.79. The van der Waals surface area contributed by atoms with Gasteiger partial charge in [0.1, 0.15) is 17.5 Å². The minimum Gasteiger partial charge on any atom is -0.478 e. The first-order valence-electron chi connectivity index (χ1n) is 6.15. The Hall–Kier alpha value is -2.76. The quantitative estimate of drug-likeness (QED) is 0.758. The number of imidazole rings is 1. The number of nitrogens with one attached hydrogen (secondary N) is 1. The van der Waals surface area contributed by atoms with Crippen molar-refractivity contribution in [1.29, 1.82) is 0 Å². The third-order valence-corrected chi connectivity index (χ3v) is 3.18. The van der Waals surface area contributed by atoms with E-state index in [1.165, 1.54) is 6.07 Å². The Kier molecular flexibility index (Phi) is 2.94. The fourth-order valence-electron chi connectivity index (χ4n) is 2.13. The van der Waals surface area contributed by atoms with Gasteiger partial charge in [-0.15, -0.1) is 0 Å². The van der Waals surface area contributed by atoms with Crippen LogP contribution in [0, 0.1) is 18.6 Å². The number of carboxylic acids is 1. The van der Waals surface area contributed by atoms with Crippen molar-refractivity contribution in [3.63, 3.8) is 0 Å². The minimum absolute atomic E-state index is 0.226. The minimum atomic E-state index is -1.37. The number of fused-ring (bicyclic) bond motifs is 1. The smallest absolute Gasteiger partial charge is 0.338 e. The van der Waals surface area contributed by atoms with Gasteiger partial charge in [-0.2, -0.15) is 0 Å². The number of rotatable bonds is 2. The van der Waals surface area contributed by atoms with E-state index in [0.717, 1.165) is 17.7 Å². The van der Waals surface area contributed by atoms with Crippen LogP contribution < -0.4 is 0 Å². The van der Waals surface area contributed by atoms with Crippen molar-refractivity contribution in [3.05, 3.63) is 53.1 Å². The molecule has 4 nitrogen and oxygen atoms in total. The van der Waals surface area contributed by atoms with Gasteiger partial charge in [-0.25, -0.2) is 18.6 Å². The molecule has 2 N–H and O–H groups in total. The van der Waals surface area contributed by atoms with E-state index in [9.17, 15) is 13.6 Å². The molecule has 0 unspecified atom stereocenters. The molecule has 0 amide bonds. The van der Waals surface area contributed by atoms with Gasteiger partial charge in [-0.3, -0.25) is 0 Å². The van der Waals surface area contributed by atoms with Gasteiger partial charge in [0.2, 0.25) is 0 Å². The summed E-state index contributed by atoms with van der Waals surface area (Å²) < 4.78 is 27.5. The van der Waals surface area contributed by atoms with Gasteiger partial charge in [-0.05, 0) is 30.7 Å². The zero-order chi connectivity index (χ0) is 15.1. The lowest BCUT2D eigenvalue weighted by Gasteiger charge is -2.00. The van der Waals surface area contributed by atoms with Gasteiger partial charge in [-0.1, -0.05) is 6.07 Å². The third kappa shape index (κ3) is 2.24. The Morgan fingerprint density at radius 3 is 2.62 bits per heavy atom. The lowest BCUT2D eigenvalue weighted by atomic mass is 10.1. The molecular formula is C15H10F2N2O2. The van der Waals surface area contributed by atoms with E-state index in [0.29, 0.717) is 5.52 Å². The van der Waals surface area contributed by atoms with Crippen molar-refractivity contribution >= 4 is 17.0 Å². The van der Waals surface area contributed by atoms with Gasteiger partial charge < -0.3 is 10.1 Å². The number of carboxylic acid groups (broad SMARTS) is 1. The third-order valence-electron chi connectivity index (χ3n) is 3.18. The molecule has 2 aromatic carbocycles. The first-order valence-corrected chi connectivity index (χ1v) is 6.15. The van der Waals surface area contributed by atoms with Crippen LogP contribution in [-0.4, -0.2) is 21.0 Å². The monoisotopic (exact) mass is 288 g/mol. The summed E-state index contributed by atoms with van der Waals surface area (Å²) in [4.78, 5) is 17.8. The summed E-state index contributed by atoms with van der Waals surface area (Å²) in [6.07, 6.45) is 0. The second-order valence-corrected chi connectivity index (χ2v) is 4.72. The maximum atomic E-state index is 13.9. The fraction of sp³-hybridized carbons (Fsp3) is 0.0667. The summed E-state index contributed by atoms with van der Waals surface area (Å²) in [7, 11) is 0. The molecule has 3 rings (SSSR count). The van der Waals surface area contributed by atoms with Crippen molar-refractivity contribution < 1.29 is 18.7 Å². The fourth-order valence-corrected chi connectivity index (χ4v) is 2.13. The molecular weight excluding hydrogens is 278 g/mol. The van der Waals surface area contributed by atoms with Crippen LogP contribution in [-0.2, 0) is 0 Å². The molecule has 21 heavy (non-hydrogen) atoms. The standard InChI is InChI=1S/C15H10F2N2O2/c1-7-2-3-8(10(16)4-7)14-18-12-5-9(15(20)21)11(17)6-13(12)19-14/h2-6H,1H3,(H,18,19)(H,20,21). The van der Waals surface area contributed by atoms with Gasteiger partial charge in [0.25, 0.3) is 0 Å². The topological polar surface area (TPSA) is 66.0 Å². The number of nitrogens with zero attached hydrogens (tertiary/aromatic N) is 1. The zero-order valence-electron chi connectivity index (χ0n) is 10.9. The van der Waals surface area contributed by atoms with Crippen LogP contribution in [0.4, 0.5) is 8.78 Å². The molecule has 0 atom stereocenters. The SMILES string of the molecule is Cc1ccc(-c2nc3cc(C(=O)O)c(F)cc3[nH]2)c(F)c1. The van der Waals surface area contributed by atoms with E-state index in [2.05, 4.69) is 9.97 Å². The van der Waals surface area contributed by atoms with E-state index >= 15 is 0 Å². The predicted molar refractivity (Wildman–Crippen MR) is 73.1 cm³/mol. The van der Waals surface area contributed by atoms with Crippen molar-refractivity contribution in [1.82, 2.24) is 9.97 Å². The highest BCUT2D eigenvalue weighted by Crippen LogP contribution is 2.25. The van der Waals surface area contributed by atoms with Gasteiger partial charge in [0.05, 0.1) is 22.2 Å². The number of benzene rings is 2. The van der Waals surface area contributed by atoms with E-state index in [1.54, 1.807) is 19.1 Å². The second kappa shape index (κ2) is 4.66. The van der Waals surface area contributed by atoms with Gasteiger partial charge in [0, 0.05) is 6.07 Å². The number of hydrogen-bond acceptors (Lipinski definition) is 2. The van der Waals surface area contributed by atoms with Crippen molar-refractivity contribution in [2.45, 2.75) is 6.92 Å². The van der Waals surface area contributed by atoms with Crippen LogP contribution in [0.1, 0.15) is 15.9 Å². The molecule has 6 heteroatoms. The summed E-state index contributed by atoms with van der Waals surface area (Å²) >= 11 is 0. The number of aromatic nitrogens is 2. The van der Waals surface area contributed by atoms with Crippen molar-refractivity contribution in [2.75, 3.05) is 0 Å². The van der Waals surface area contributed by atoms with Crippen molar-refractivity contribution in [3.8, 4) is 11.4 Å². The normalized spacial score (nSPS) is 11.0. The zero-order valence-corrected chi connectivity index (χ0v) is 10.9. The van der Waals surface area contributed by atoms with Gasteiger partial charge >= 0.3 is 5.97 Å². The highest BCUT2D eigenvalue weighted by molar-refractivity contribution is 5.93. The van der Waals surface area contributed by atoms with Crippen molar-refractivity contribution in [2.24, 2.45) is 0 Å². The Morgan fingerprint density at radius 2 is 1.95 bits per heavy atom.